The molecule has 0 aromatic carbocycles. The summed E-state index contributed by atoms with van der Waals surface area (Å²) < 4.78 is 3.22. The second kappa shape index (κ2) is 5.66. The fraction of sp³-hybridized carbons (Fsp3) is 0.727. The van der Waals surface area contributed by atoms with Crippen molar-refractivity contribution in [1.82, 2.24) is 15.1 Å². The Bertz CT molecular complexity index is 320. The van der Waals surface area contributed by atoms with Gasteiger partial charge in [-0.3, -0.25) is 4.68 Å². The minimum absolute atomic E-state index is 0.606. The standard InChI is InChI=1S/C11H20BrN3/c1-5-13-6-8(2)7-15-10(4)11(12)9(3)14-15/h8,13H,5-7H2,1-4H3. The average Bonchev–Trinajstić information content (AvgIpc) is 2.43. The summed E-state index contributed by atoms with van der Waals surface area (Å²) in [6, 6.07) is 0. The maximum absolute atomic E-state index is 4.50. The molecule has 86 valence electrons. The molecule has 1 rings (SSSR count). The normalized spacial score (nSPS) is 13.1. The van der Waals surface area contributed by atoms with Crippen molar-refractivity contribution in [3.8, 4) is 0 Å². The molecule has 0 spiro atoms. The topological polar surface area (TPSA) is 29.9 Å². The highest BCUT2D eigenvalue weighted by molar-refractivity contribution is 9.10. The highest BCUT2D eigenvalue weighted by Crippen LogP contribution is 2.20. The van der Waals surface area contributed by atoms with Gasteiger partial charge in [-0.15, -0.1) is 0 Å². The van der Waals surface area contributed by atoms with E-state index in [1.165, 1.54) is 5.69 Å². The zero-order valence-corrected chi connectivity index (χ0v) is 11.6. The summed E-state index contributed by atoms with van der Waals surface area (Å²) in [5, 5.41) is 7.86. The molecule has 0 amide bonds. The van der Waals surface area contributed by atoms with Gasteiger partial charge in [0.25, 0.3) is 0 Å². The first-order valence-electron chi connectivity index (χ1n) is 5.46. The lowest BCUT2D eigenvalue weighted by Gasteiger charge is -2.13. The van der Waals surface area contributed by atoms with Crippen LogP contribution in [0.4, 0.5) is 0 Å². The second-order valence-electron chi connectivity index (χ2n) is 4.08. The van der Waals surface area contributed by atoms with E-state index >= 15 is 0 Å². The fourth-order valence-corrected chi connectivity index (χ4v) is 1.89. The Kier molecular flexibility index (Phi) is 4.80. The number of aryl methyl sites for hydroxylation is 1. The molecular weight excluding hydrogens is 254 g/mol. The lowest BCUT2D eigenvalue weighted by atomic mass is 10.2. The molecule has 3 nitrogen and oxygen atoms in total. The molecule has 0 saturated carbocycles. The van der Waals surface area contributed by atoms with Gasteiger partial charge in [-0.2, -0.15) is 5.10 Å². The molecule has 0 radical (unpaired) electrons. The summed E-state index contributed by atoms with van der Waals surface area (Å²) in [7, 11) is 0. The average molecular weight is 274 g/mol. The molecule has 1 atom stereocenters. The van der Waals surface area contributed by atoms with Gasteiger partial charge < -0.3 is 5.32 Å². The number of aromatic nitrogens is 2. The Hall–Kier alpha value is -0.350. The lowest BCUT2D eigenvalue weighted by Crippen LogP contribution is -2.24. The molecule has 1 aromatic heterocycles. The molecule has 4 heteroatoms. The summed E-state index contributed by atoms with van der Waals surface area (Å²) in [5.41, 5.74) is 2.29. The van der Waals surface area contributed by atoms with Crippen molar-refractivity contribution in [2.75, 3.05) is 13.1 Å². The van der Waals surface area contributed by atoms with Crippen LogP contribution in [0.2, 0.25) is 0 Å². The monoisotopic (exact) mass is 273 g/mol. The SMILES string of the molecule is CCNCC(C)Cn1nc(C)c(Br)c1C. The number of nitrogens with one attached hydrogen (secondary N) is 1. The fourth-order valence-electron chi connectivity index (χ4n) is 1.60. The lowest BCUT2D eigenvalue weighted by molar-refractivity contribution is 0.420. The Balaban J connectivity index is 2.60. The van der Waals surface area contributed by atoms with E-state index in [2.05, 4.69) is 51.8 Å². The smallest absolute Gasteiger partial charge is 0.0738 e. The number of hydrogen-bond acceptors (Lipinski definition) is 2. The minimum atomic E-state index is 0.606. The molecule has 0 fully saturated rings. The quantitative estimate of drug-likeness (QED) is 0.894. The summed E-state index contributed by atoms with van der Waals surface area (Å²) in [5.74, 6) is 0.606. The van der Waals surface area contributed by atoms with E-state index < -0.39 is 0 Å². The molecular formula is C11H20BrN3. The highest BCUT2D eigenvalue weighted by atomic mass is 79.9. The Morgan fingerprint density at radius 1 is 1.47 bits per heavy atom. The van der Waals surface area contributed by atoms with E-state index in [4.69, 9.17) is 0 Å². The van der Waals surface area contributed by atoms with E-state index in [1.807, 2.05) is 6.92 Å². The molecule has 1 N–H and O–H groups in total. The summed E-state index contributed by atoms with van der Waals surface area (Å²) in [6.45, 7) is 11.6. The third-order valence-electron chi connectivity index (χ3n) is 2.52. The first kappa shape index (κ1) is 12.7. The van der Waals surface area contributed by atoms with Crippen molar-refractivity contribution < 1.29 is 0 Å². The first-order valence-corrected chi connectivity index (χ1v) is 6.25. The minimum Gasteiger partial charge on any atom is -0.317 e. The van der Waals surface area contributed by atoms with Gasteiger partial charge >= 0.3 is 0 Å². The van der Waals surface area contributed by atoms with Gasteiger partial charge in [-0.05, 0) is 48.8 Å². The Morgan fingerprint density at radius 3 is 2.60 bits per heavy atom. The van der Waals surface area contributed by atoms with Crippen molar-refractivity contribution in [1.29, 1.82) is 0 Å². The maximum Gasteiger partial charge on any atom is 0.0738 e. The van der Waals surface area contributed by atoms with E-state index in [0.717, 1.165) is 29.8 Å². The summed E-state index contributed by atoms with van der Waals surface area (Å²) >= 11 is 3.54. The van der Waals surface area contributed by atoms with Crippen molar-refractivity contribution in [2.45, 2.75) is 34.2 Å². The van der Waals surface area contributed by atoms with Crippen molar-refractivity contribution in [3.63, 3.8) is 0 Å². The Labute approximate surface area is 100 Å². The molecule has 15 heavy (non-hydrogen) atoms. The zero-order valence-electron chi connectivity index (χ0n) is 9.97. The van der Waals surface area contributed by atoms with Gasteiger partial charge in [0, 0.05) is 12.2 Å². The molecule has 0 bridgehead atoms. The maximum atomic E-state index is 4.50. The third kappa shape index (κ3) is 3.31. The third-order valence-corrected chi connectivity index (χ3v) is 3.67. The molecule has 1 aromatic rings. The number of nitrogens with zero attached hydrogens (tertiary/aromatic N) is 2. The molecule has 0 saturated heterocycles. The van der Waals surface area contributed by atoms with Gasteiger partial charge in [-0.1, -0.05) is 13.8 Å². The van der Waals surface area contributed by atoms with Gasteiger partial charge in [0.15, 0.2) is 0 Å². The van der Waals surface area contributed by atoms with E-state index in [1.54, 1.807) is 0 Å². The number of halogens is 1. The van der Waals surface area contributed by atoms with Crippen LogP contribution in [-0.4, -0.2) is 22.9 Å². The highest BCUT2D eigenvalue weighted by Gasteiger charge is 2.10. The van der Waals surface area contributed by atoms with E-state index in [9.17, 15) is 0 Å². The van der Waals surface area contributed by atoms with Gasteiger partial charge in [0.2, 0.25) is 0 Å². The van der Waals surface area contributed by atoms with Crippen LogP contribution in [0.5, 0.6) is 0 Å². The number of hydrogen-bond donors (Lipinski definition) is 1. The summed E-state index contributed by atoms with van der Waals surface area (Å²) in [4.78, 5) is 0. The van der Waals surface area contributed by atoms with Gasteiger partial charge in [0.1, 0.15) is 0 Å². The predicted molar refractivity (Wildman–Crippen MR) is 67.1 cm³/mol. The van der Waals surface area contributed by atoms with Crippen molar-refractivity contribution in [2.24, 2.45) is 5.92 Å². The second-order valence-corrected chi connectivity index (χ2v) is 4.87. The summed E-state index contributed by atoms with van der Waals surface area (Å²) in [6.07, 6.45) is 0. The van der Waals surface area contributed by atoms with Crippen LogP contribution < -0.4 is 5.32 Å². The molecule has 0 aliphatic carbocycles. The molecule has 0 aliphatic rings. The predicted octanol–water partition coefficient (Wildman–Crippen LogP) is 2.51. The zero-order chi connectivity index (χ0) is 11.4. The van der Waals surface area contributed by atoms with Crippen LogP contribution in [0.25, 0.3) is 0 Å². The first-order chi connectivity index (χ1) is 7.06. The van der Waals surface area contributed by atoms with E-state index in [-0.39, 0.29) is 0 Å². The van der Waals surface area contributed by atoms with Crippen LogP contribution in [0.3, 0.4) is 0 Å². The molecule has 1 heterocycles. The van der Waals surface area contributed by atoms with Crippen LogP contribution >= 0.6 is 15.9 Å². The van der Waals surface area contributed by atoms with Crippen LogP contribution in [0.1, 0.15) is 25.2 Å². The van der Waals surface area contributed by atoms with Crippen LogP contribution in [-0.2, 0) is 6.54 Å². The van der Waals surface area contributed by atoms with Crippen molar-refractivity contribution >= 4 is 15.9 Å². The van der Waals surface area contributed by atoms with Crippen LogP contribution in [0.15, 0.2) is 4.47 Å². The van der Waals surface area contributed by atoms with Gasteiger partial charge in [-0.25, -0.2) is 0 Å². The molecule has 1 unspecified atom stereocenters. The number of rotatable bonds is 5. The van der Waals surface area contributed by atoms with Crippen molar-refractivity contribution in [3.05, 3.63) is 15.9 Å². The van der Waals surface area contributed by atoms with Gasteiger partial charge in [0.05, 0.1) is 10.2 Å². The largest absolute Gasteiger partial charge is 0.317 e. The van der Waals surface area contributed by atoms with E-state index in [0.29, 0.717) is 5.92 Å². The van der Waals surface area contributed by atoms with Crippen LogP contribution in [0, 0.1) is 19.8 Å². The Morgan fingerprint density at radius 2 is 2.13 bits per heavy atom. The molecule has 0 aliphatic heterocycles.